The number of amides is 3. The van der Waals surface area contributed by atoms with Gasteiger partial charge in [0, 0.05) is 11.1 Å². The molecule has 9 heteroatoms. The zero-order valence-corrected chi connectivity index (χ0v) is 14.7. The van der Waals surface area contributed by atoms with Crippen molar-refractivity contribution < 1.29 is 9.59 Å². The van der Waals surface area contributed by atoms with Crippen LogP contribution in [0.1, 0.15) is 25.7 Å². The van der Waals surface area contributed by atoms with Gasteiger partial charge in [0.1, 0.15) is 6.54 Å². The molecule has 1 aromatic heterocycles. The molecule has 1 saturated carbocycles. The molecule has 0 atom stereocenters. The van der Waals surface area contributed by atoms with Crippen LogP contribution in [0.2, 0.25) is 10.0 Å². The van der Waals surface area contributed by atoms with Crippen LogP contribution >= 0.6 is 23.2 Å². The van der Waals surface area contributed by atoms with E-state index >= 15 is 0 Å². The molecule has 1 heterocycles. The van der Waals surface area contributed by atoms with Gasteiger partial charge in [-0.3, -0.25) is 19.5 Å². The van der Waals surface area contributed by atoms with E-state index in [9.17, 15) is 14.4 Å². The second-order valence-electron chi connectivity index (χ2n) is 5.96. The Bertz CT molecular complexity index is 891. The minimum absolute atomic E-state index is 0.0992. The summed E-state index contributed by atoms with van der Waals surface area (Å²) < 4.78 is 1.10. The monoisotopic (exact) mass is 382 g/mol. The summed E-state index contributed by atoms with van der Waals surface area (Å²) in [6.07, 6.45) is 5.19. The molecule has 1 aromatic carbocycles. The summed E-state index contributed by atoms with van der Waals surface area (Å²) in [5.74, 6) is -0.605. The highest BCUT2D eigenvalue weighted by Crippen LogP contribution is 2.23. The first-order chi connectivity index (χ1) is 11.9. The topological polar surface area (TPSA) is 93.1 Å². The Balaban J connectivity index is 1.71. The first-order valence-electron chi connectivity index (χ1n) is 7.88. The highest BCUT2D eigenvalue weighted by atomic mass is 35.5. The van der Waals surface area contributed by atoms with Gasteiger partial charge in [0.2, 0.25) is 5.91 Å². The van der Waals surface area contributed by atoms with Crippen LogP contribution in [-0.4, -0.2) is 27.5 Å². The van der Waals surface area contributed by atoms with Crippen molar-refractivity contribution in [3.8, 4) is 0 Å². The Labute approximate surface area is 153 Å². The Hall–Kier alpha value is -2.12. The molecule has 132 valence electrons. The number of urea groups is 1. The Kier molecular flexibility index (Phi) is 5.24. The number of hydrogen-bond acceptors (Lipinski definition) is 4. The number of nitrogens with zero attached hydrogens (tertiary/aromatic N) is 2. The highest BCUT2D eigenvalue weighted by molar-refractivity contribution is 6.38. The predicted octanol–water partition coefficient (Wildman–Crippen LogP) is 2.47. The van der Waals surface area contributed by atoms with Crippen LogP contribution in [0.4, 0.5) is 4.79 Å². The molecule has 0 spiro atoms. The van der Waals surface area contributed by atoms with Crippen LogP contribution in [-0.2, 0) is 11.3 Å². The Morgan fingerprint density at radius 2 is 1.96 bits per heavy atom. The summed E-state index contributed by atoms with van der Waals surface area (Å²) >= 11 is 11.9. The van der Waals surface area contributed by atoms with Crippen LogP contribution < -0.4 is 16.2 Å². The quantitative estimate of drug-likeness (QED) is 0.852. The standard InChI is InChI=1S/C16H16Cl2N4O3/c17-9-5-11-14(12(18)6-9)19-8-22(15(11)24)7-13(23)21-16(25)20-10-3-1-2-4-10/h5-6,8,10H,1-4,7H2,(H2,20,21,23,25). The highest BCUT2D eigenvalue weighted by Gasteiger charge is 2.18. The van der Waals surface area contributed by atoms with Crippen LogP contribution in [0, 0.1) is 0 Å². The third-order valence-electron chi connectivity index (χ3n) is 4.10. The maximum absolute atomic E-state index is 12.5. The van der Waals surface area contributed by atoms with Crippen LogP contribution in [0.5, 0.6) is 0 Å². The number of aromatic nitrogens is 2. The van der Waals surface area contributed by atoms with Gasteiger partial charge < -0.3 is 5.32 Å². The smallest absolute Gasteiger partial charge is 0.321 e. The van der Waals surface area contributed by atoms with E-state index in [0.29, 0.717) is 10.5 Å². The number of carbonyl (C=O) groups is 2. The average Bonchev–Trinajstić information content (AvgIpc) is 3.03. The first-order valence-corrected chi connectivity index (χ1v) is 8.64. The minimum Gasteiger partial charge on any atom is -0.335 e. The first kappa shape index (κ1) is 17.7. The Morgan fingerprint density at radius 3 is 2.68 bits per heavy atom. The normalized spacial score (nSPS) is 14.6. The molecular formula is C16H16Cl2N4O3. The van der Waals surface area contributed by atoms with Crippen LogP contribution in [0.3, 0.4) is 0 Å². The summed E-state index contributed by atoms with van der Waals surface area (Å²) in [6.45, 7) is -0.329. The molecule has 7 nitrogen and oxygen atoms in total. The molecule has 3 rings (SSSR count). The maximum atomic E-state index is 12.5. The van der Waals surface area contributed by atoms with Crippen molar-refractivity contribution in [1.82, 2.24) is 20.2 Å². The lowest BCUT2D eigenvalue weighted by atomic mass is 10.2. The number of rotatable bonds is 3. The summed E-state index contributed by atoms with van der Waals surface area (Å²) in [5, 5.41) is 5.74. The number of nitrogens with one attached hydrogen (secondary N) is 2. The van der Waals surface area contributed by atoms with Gasteiger partial charge in [-0.15, -0.1) is 0 Å². The number of fused-ring (bicyclic) bond motifs is 1. The fraction of sp³-hybridized carbons (Fsp3) is 0.375. The molecule has 3 amide bonds. The molecule has 0 bridgehead atoms. The van der Waals surface area contributed by atoms with Crippen molar-refractivity contribution >= 4 is 46.0 Å². The van der Waals surface area contributed by atoms with Gasteiger partial charge in [0.05, 0.1) is 22.3 Å². The largest absolute Gasteiger partial charge is 0.335 e. The van der Waals surface area contributed by atoms with E-state index in [1.807, 2.05) is 0 Å². The van der Waals surface area contributed by atoms with E-state index < -0.39 is 17.5 Å². The minimum atomic E-state index is -0.605. The summed E-state index contributed by atoms with van der Waals surface area (Å²) in [7, 11) is 0. The van der Waals surface area contributed by atoms with E-state index in [1.54, 1.807) is 0 Å². The molecule has 2 N–H and O–H groups in total. The van der Waals surface area contributed by atoms with Gasteiger partial charge in [-0.1, -0.05) is 36.0 Å². The van der Waals surface area contributed by atoms with Crippen LogP contribution in [0.15, 0.2) is 23.3 Å². The van der Waals surface area contributed by atoms with Crippen molar-refractivity contribution in [3.05, 3.63) is 38.9 Å². The Morgan fingerprint density at radius 1 is 1.24 bits per heavy atom. The molecule has 25 heavy (non-hydrogen) atoms. The molecule has 1 fully saturated rings. The molecule has 0 unspecified atom stereocenters. The van der Waals surface area contributed by atoms with Crippen LogP contribution in [0.25, 0.3) is 10.9 Å². The fourth-order valence-corrected chi connectivity index (χ4v) is 3.46. The number of benzene rings is 1. The van der Waals surface area contributed by atoms with Gasteiger partial charge in [-0.05, 0) is 25.0 Å². The van der Waals surface area contributed by atoms with E-state index in [1.165, 1.54) is 18.5 Å². The fourth-order valence-electron chi connectivity index (χ4n) is 2.92. The summed E-state index contributed by atoms with van der Waals surface area (Å²) in [6, 6.07) is 2.48. The molecule has 0 saturated heterocycles. The second kappa shape index (κ2) is 7.41. The van der Waals surface area contributed by atoms with E-state index in [2.05, 4.69) is 15.6 Å². The molecule has 1 aliphatic carbocycles. The van der Waals surface area contributed by atoms with E-state index in [0.717, 1.165) is 30.3 Å². The third-order valence-corrected chi connectivity index (χ3v) is 4.61. The van der Waals surface area contributed by atoms with E-state index in [-0.39, 0.29) is 23.0 Å². The molecule has 2 aromatic rings. The van der Waals surface area contributed by atoms with Crippen molar-refractivity contribution in [2.75, 3.05) is 0 Å². The van der Waals surface area contributed by atoms with Gasteiger partial charge in [-0.2, -0.15) is 0 Å². The number of carbonyl (C=O) groups excluding carboxylic acids is 2. The van der Waals surface area contributed by atoms with Crippen molar-refractivity contribution in [3.63, 3.8) is 0 Å². The number of halogens is 2. The molecular weight excluding hydrogens is 367 g/mol. The number of hydrogen-bond donors (Lipinski definition) is 2. The summed E-state index contributed by atoms with van der Waals surface area (Å²) in [4.78, 5) is 40.4. The SMILES string of the molecule is O=C(Cn1cnc2c(Cl)cc(Cl)cc2c1=O)NC(=O)NC1CCCC1. The lowest BCUT2D eigenvalue weighted by molar-refractivity contribution is -0.120. The predicted molar refractivity (Wildman–Crippen MR) is 95.0 cm³/mol. The maximum Gasteiger partial charge on any atom is 0.321 e. The van der Waals surface area contributed by atoms with Crippen molar-refractivity contribution in [2.24, 2.45) is 0 Å². The third kappa shape index (κ3) is 4.11. The molecule has 0 aliphatic heterocycles. The zero-order valence-electron chi connectivity index (χ0n) is 13.2. The average molecular weight is 383 g/mol. The van der Waals surface area contributed by atoms with E-state index in [4.69, 9.17) is 23.2 Å². The molecule has 0 radical (unpaired) electrons. The zero-order chi connectivity index (χ0) is 18.0. The van der Waals surface area contributed by atoms with Gasteiger partial charge >= 0.3 is 6.03 Å². The number of imide groups is 1. The molecule has 1 aliphatic rings. The van der Waals surface area contributed by atoms with Gasteiger partial charge in [0.15, 0.2) is 0 Å². The van der Waals surface area contributed by atoms with Gasteiger partial charge in [0.25, 0.3) is 5.56 Å². The van der Waals surface area contributed by atoms with Gasteiger partial charge in [-0.25, -0.2) is 9.78 Å². The second-order valence-corrected chi connectivity index (χ2v) is 6.81. The summed E-state index contributed by atoms with van der Waals surface area (Å²) in [5.41, 5.74) is -0.146. The van der Waals surface area contributed by atoms with Crippen molar-refractivity contribution in [1.29, 1.82) is 0 Å². The van der Waals surface area contributed by atoms with Crippen molar-refractivity contribution in [2.45, 2.75) is 38.3 Å². The lowest BCUT2D eigenvalue weighted by Crippen LogP contribution is -2.45. The lowest BCUT2D eigenvalue weighted by Gasteiger charge is -2.12.